The maximum Gasteiger partial charge on any atom is 0.302 e. The number of hydrogen-bond donors (Lipinski definition) is 0. The second-order valence-corrected chi connectivity index (χ2v) is 12.5. The molecule has 0 aliphatic carbocycles. The van der Waals surface area contributed by atoms with Crippen LogP contribution in [0.3, 0.4) is 0 Å². The third kappa shape index (κ3) is 6.21. The molecular formula is C43H37N5O3. The van der Waals surface area contributed by atoms with Crippen LogP contribution in [0.2, 0.25) is 0 Å². The van der Waals surface area contributed by atoms with Crippen molar-refractivity contribution in [2.75, 3.05) is 0 Å². The summed E-state index contributed by atoms with van der Waals surface area (Å²) in [4.78, 5) is 16.1. The normalized spacial score (nSPS) is 13.2. The van der Waals surface area contributed by atoms with Gasteiger partial charge in [-0.05, 0) is 57.7 Å². The van der Waals surface area contributed by atoms with E-state index in [0.29, 0.717) is 12.4 Å². The Morgan fingerprint density at radius 2 is 1.20 bits per heavy atom. The first kappa shape index (κ1) is 33.2. The number of benzene rings is 5. The molecule has 8 nitrogen and oxygen atoms in total. The minimum absolute atomic E-state index is 0.104. The molecule has 6 aromatic rings. The summed E-state index contributed by atoms with van der Waals surface area (Å²) in [5, 5.41) is 18.4. The Kier molecular flexibility index (Phi) is 9.31. The van der Waals surface area contributed by atoms with Crippen molar-refractivity contribution in [1.29, 1.82) is 0 Å². The van der Waals surface area contributed by atoms with Gasteiger partial charge in [0.2, 0.25) is 5.66 Å². The summed E-state index contributed by atoms with van der Waals surface area (Å²) in [5.74, 6) is 0.293. The van der Waals surface area contributed by atoms with Crippen molar-refractivity contribution in [3.8, 4) is 16.9 Å². The molecule has 0 amide bonds. The van der Waals surface area contributed by atoms with Crippen molar-refractivity contribution in [2.24, 2.45) is 20.7 Å². The van der Waals surface area contributed by atoms with Crippen LogP contribution >= 0.6 is 0 Å². The first-order valence-electron chi connectivity index (χ1n) is 16.8. The highest BCUT2D eigenvalue weighted by atomic mass is 16.5. The van der Waals surface area contributed by atoms with Gasteiger partial charge in [0.25, 0.3) is 0 Å². The van der Waals surface area contributed by atoms with E-state index in [0.717, 1.165) is 55.9 Å². The number of pyridine rings is 1. The Bertz CT molecular complexity index is 2090. The molecule has 0 saturated heterocycles. The minimum Gasteiger partial charge on any atom is -0.488 e. The summed E-state index contributed by atoms with van der Waals surface area (Å²) in [5.41, 5.74) is 6.96. The average Bonchev–Trinajstić information content (AvgIpc) is 3.66. The van der Waals surface area contributed by atoms with E-state index in [-0.39, 0.29) is 12.6 Å². The van der Waals surface area contributed by atoms with Crippen LogP contribution in [0.5, 0.6) is 5.75 Å². The van der Waals surface area contributed by atoms with Gasteiger partial charge >= 0.3 is 5.97 Å². The van der Waals surface area contributed by atoms with Crippen molar-refractivity contribution in [1.82, 2.24) is 4.98 Å². The number of aryl methyl sites for hydroxylation is 2. The predicted octanol–water partition coefficient (Wildman–Crippen LogP) is 10.0. The lowest BCUT2D eigenvalue weighted by atomic mass is 9.59. The molecule has 0 spiro atoms. The molecule has 0 atom stereocenters. The Balaban J connectivity index is 1.32. The highest BCUT2D eigenvalue weighted by Crippen LogP contribution is 2.58. The van der Waals surface area contributed by atoms with Gasteiger partial charge in [-0.1, -0.05) is 140 Å². The van der Waals surface area contributed by atoms with Gasteiger partial charge in [-0.2, -0.15) is 0 Å². The third-order valence-corrected chi connectivity index (χ3v) is 9.36. The van der Waals surface area contributed by atoms with Crippen LogP contribution in [0, 0.1) is 13.8 Å². The van der Waals surface area contributed by atoms with Gasteiger partial charge < -0.3 is 9.47 Å². The number of nitrogens with zero attached hydrogens (tertiary/aromatic N) is 5. The van der Waals surface area contributed by atoms with E-state index in [1.54, 1.807) is 0 Å². The van der Waals surface area contributed by atoms with Crippen molar-refractivity contribution in [3.05, 3.63) is 190 Å². The molecule has 0 saturated carbocycles. The van der Waals surface area contributed by atoms with Crippen LogP contribution in [-0.2, 0) is 33.8 Å². The maximum atomic E-state index is 11.5. The number of ether oxygens (including phenoxy) is 2. The molecule has 0 fully saturated rings. The van der Waals surface area contributed by atoms with Gasteiger partial charge in [0.05, 0.1) is 11.0 Å². The Morgan fingerprint density at radius 1 is 0.667 bits per heavy atom. The summed E-state index contributed by atoms with van der Waals surface area (Å²) in [6.07, 6.45) is 0. The molecule has 1 aliphatic heterocycles. The fourth-order valence-electron chi connectivity index (χ4n) is 7.10. The van der Waals surface area contributed by atoms with Crippen molar-refractivity contribution >= 4 is 5.97 Å². The van der Waals surface area contributed by atoms with Crippen LogP contribution in [0.1, 0.15) is 51.7 Å². The quantitative estimate of drug-likeness (QED) is 0.101. The lowest BCUT2D eigenvalue weighted by Gasteiger charge is -2.45. The van der Waals surface area contributed by atoms with Gasteiger partial charge in [0, 0.05) is 29.9 Å². The van der Waals surface area contributed by atoms with E-state index in [2.05, 4.69) is 88.2 Å². The fraction of sp³-hybridized carbons (Fsp3) is 0.163. The summed E-state index contributed by atoms with van der Waals surface area (Å²) >= 11 is 0. The number of aromatic nitrogens is 1. The molecule has 0 radical (unpaired) electrons. The molecule has 5 aromatic carbocycles. The molecule has 0 unspecified atom stereocenters. The summed E-state index contributed by atoms with van der Waals surface area (Å²) in [6.45, 7) is 5.63. The van der Waals surface area contributed by atoms with E-state index in [1.807, 2.05) is 86.6 Å². The summed E-state index contributed by atoms with van der Waals surface area (Å²) in [7, 11) is 0. The molecular weight excluding hydrogens is 635 g/mol. The third-order valence-electron chi connectivity index (χ3n) is 9.36. The van der Waals surface area contributed by atoms with E-state index in [4.69, 9.17) is 19.7 Å². The Hall–Kier alpha value is -6.28. The molecule has 7 rings (SSSR count). The topological polar surface area (TPSA) is 97.9 Å². The molecule has 1 aromatic heterocycles. The van der Waals surface area contributed by atoms with Crippen molar-refractivity contribution < 1.29 is 14.3 Å². The maximum absolute atomic E-state index is 11.5. The van der Waals surface area contributed by atoms with E-state index in [1.165, 1.54) is 6.92 Å². The summed E-state index contributed by atoms with van der Waals surface area (Å²) in [6, 6.07) is 49.5. The number of esters is 1. The zero-order chi connectivity index (χ0) is 35.3. The number of carbonyl (C=O) groups is 1. The average molecular weight is 672 g/mol. The number of hydrogen-bond acceptors (Lipinski definition) is 8. The van der Waals surface area contributed by atoms with E-state index < -0.39 is 11.1 Å². The lowest BCUT2D eigenvalue weighted by molar-refractivity contribution is -0.142. The molecule has 2 heterocycles. The molecule has 8 heteroatoms. The zero-order valence-corrected chi connectivity index (χ0v) is 28.7. The molecule has 0 bridgehead atoms. The molecule has 0 N–H and O–H groups in total. The van der Waals surface area contributed by atoms with Crippen molar-refractivity contribution in [2.45, 2.75) is 45.1 Å². The summed E-state index contributed by atoms with van der Waals surface area (Å²) < 4.78 is 11.6. The molecule has 1 aliphatic rings. The SMILES string of the molecule is CC(=O)OCc1c(OCc2ccc(-c3ccccc3C3(C(c4ccccc4)(c4ccccc4)c4ccccc4)N=NN=N3)cc2)cc(C)nc1C. The lowest BCUT2D eigenvalue weighted by Crippen LogP contribution is -2.48. The Morgan fingerprint density at radius 3 is 1.75 bits per heavy atom. The zero-order valence-electron chi connectivity index (χ0n) is 28.7. The van der Waals surface area contributed by atoms with Crippen LogP contribution in [0.15, 0.2) is 166 Å². The largest absolute Gasteiger partial charge is 0.488 e. The van der Waals surface area contributed by atoms with E-state index in [9.17, 15) is 4.79 Å². The molecule has 51 heavy (non-hydrogen) atoms. The number of carbonyl (C=O) groups excluding carboxylic acids is 1. The monoisotopic (exact) mass is 671 g/mol. The van der Waals surface area contributed by atoms with Crippen LogP contribution in [0.25, 0.3) is 11.1 Å². The van der Waals surface area contributed by atoms with Crippen LogP contribution < -0.4 is 4.74 Å². The minimum atomic E-state index is -1.29. The smallest absolute Gasteiger partial charge is 0.302 e. The van der Waals surface area contributed by atoms with Crippen LogP contribution in [-0.4, -0.2) is 11.0 Å². The van der Waals surface area contributed by atoms with Gasteiger partial charge in [0.1, 0.15) is 19.0 Å². The highest BCUT2D eigenvalue weighted by molar-refractivity contribution is 5.72. The fourth-order valence-corrected chi connectivity index (χ4v) is 7.10. The van der Waals surface area contributed by atoms with Crippen molar-refractivity contribution in [3.63, 3.8) is 0 Å². The predicted molar refractivity (Wildman–Crippen MR) is 196 cm³/mol. The van der Waals surface area contributed by atoms with E-state index >= 15 is 0 Å². The first-order chi connectivity index (χ1) is 24.9. The second kappa shape index (κ2) is 14.3. The van der Waals surface area contributed by atoms with Gasteiger partial charge in [-0.25, -0.2) is 0 Å². The van der Waals surface area contributed by atoms with Gasteiger partial charge in [-0.15, -0.1) is 10.2 Å². The van der Waals surface area contributed by atoms with Gasteiger partial charge in [0.15, 0.2) is 0 Å². The van der Waals surface area contributed by atoms with Crippen LogP contribution in [0.4, 0.5) is 0 Å². The Labute approximate surface area is 297 Å². The van der Waals surface area contributed by atoms with Gasteiger partial charge in [-0.3, -0.25) is 9.78 Å². The first-order valence-corrected chi connectivity index (χ1v) is 16.8. The second-order valence-electron chi connectivity index (χ2n) is 12.5. The number of rotatable bonds is 11. The molecule has 252 valence electrons. The standard InChI is InChI=1S/C43H37N5O3/c1-30-27-41(39(31(2)44-30)29-50-32(3)49)51-28-33-23-25-34(26-24-33)38-21-13-14-22-40(38)43(45-47-48-46-43)42(35-15-7-4-8-16-35,36-17-9-5-10-18-36)37-19-11-6-12-20-37/h4-27H,28-29H2,1-3H3. The highest BCUT2D eigenvalue weighted by Gasteiger charge is 2.60.